The molecule has 1 aliphatic carbocycles. The van der Waals surface area contributed by atoms with Crippen molar-refractivity contribution in [3.63, 3.8) is 0 Å². The molecular weight excluding hydrogens is 290 g/mol. The lowest BCUT2D eigenvalue weighted by atomic mass is 9.80. The van der Waals surface area contributed by atoms with E-state index in [4.69, 9.17) is 10.00 Å². The fourth-order valence-electron chi connectivity index (χ4n) is 2.50. The van der Waals surface area contributed by atoms with E-state index in [1.54, 1.807) is 0 Å². The van der Waals surface area contributed by atoms with Gasteiger partial charge in [0.15, 0.2) is 0 Å². The van der Waals surface area contributed by atoms with Gasteiger partial charge in [0.25, 0.3) is 0 Å². The molecule has 1 saturated carbocycles. The summed E-state index contributed by atoms with van der Waals surface area (Å²) in [6.45, 7) is 4.59. The van der Waals surface area contributed by atoms with Crippen LogP contribution >= 0.6 is 15.9 Å². The van der Waals surface area contributed by atoms with Crippen LogP contribution in [0.25, 0.3) is 0 Å². The van der Waals surface area contributed by atoms with Gasteiger partial charge in [-0.3, -0.25) is 0 Å². The van der Waals surface area contributed by atoms with Gasteiger partial charge in [0.2, 0.25) is 0 Å². The Balaban J connectivity index is 2.11. The molecule has 2 nitrogen and oxygen atoms in total. The number of rotatable bonds is 2. The van der Waals surface area contributed by atoms with E-state index in [1.807, 2.05) is 18.2 Å². The lowest BCUT2D eigenvalue weighted by Gasteiger charge is -2.32. The summed E-state index contributed by atoms with van der Waals surface area (Å²) >= 11 is 3.39. The van der Waals surface area contributed by atoms with Gasteiger partial charge in [-0.1, -0.05) is 19.9 Å². The first-order chi connectivity index (χ1) is 8.61. The highest BCUT2D eigenvalue weighted by atomic mass is 79.9. The zero-order chi connectivity index (χ0) is 13.1. The van der Waals surface area contributed by atoms with E-state index in [1.165, 1.54) is 6.42 Å². The summed E-state index contributed by atoms with van der Waals surface area (Å²) in [5.41, 5.74) is 0.601. The minimum absolute atomic E-state index is 0.248. The maximum Gasteiger partial charge on any atom is 0.138 e. The SMILES string of the molecule is CC1CCC(Oc2cccc(Br)c2C#N)CC1C. The largest absolute Gasteiger partial charge is 0.489 e. The van der Waals surface area contributed by atoms with Crippen molar-refractivity contribution in [3.05, 3.63) is 28.2 Å². The van der Waals surface area contributed by atoms with Gasteiger partial charge in [0.1, 0.15) is 17.4 Å². The van der Waals surface area contributed by atoms with Crippen molar-refractivity contribution >= 4 is 15.9 Å². The number of hydrogen-bond donors (Lipinski definition) is 0. The fraction of sp³-hybridized carbons (Fsp3) is 0.533. The van der Waals surface area contributed by atoms with E-state index in [-0.39, 0.29) is 6.10 Å². The molecule has 1 aliphatic rings. The molecule has 1 aromatic rings. The third-order valence-electron chi connectivity index (χ3n) is 3.93. The Bertz CT molecular complexity index is 466. The van der Waals surface area contributed by atoms with Gasteiger partial charge in [0.05, 0.1) is 6.10 Å². The molecule has 0 radical (unpaired) electrons. The Kier molecular flexibility index (Phi) is 4.29. The molecule has 3 unspecified atom stereocenters. The van der Waals surface area contributed by atoms with Crippen LogP contribution in [0.5, 0.6) is 5.75 Å². The third kappa shape index (κ3) is 2.87. The highest BCUT2D eigenvalue weighted by molar-refractivity contribution is 9.10. The highest BCUT2D eigenvalue weighted by Crippen LogP contribution is 2.34. The van der Waals surface area contributed by atoms with Crippen LogP contribution in [0.1, 0.15) is 38.7 Å². The summed E-state index contributed by atoms with van der Waals surface area (Å²) in [4.78, 5) is 0. The van der Waals surface area contributed by atoms with E-state index < -0.39 is 0 Å². The molecule has 0 aliphatic heterocycles. The van der Waals surface area contributed by atoms with Crippen molar-refractivity contribution in [2.45, 2.75) is 39.2 Å². The second kappa shape index (κ2) is 5.75. The van der Waals surface area contributed by atoms with Crippen molar-refractivity contribution in [1.29, 1.82) is 5.26 Å². The van der Waals surface area contributed by atoms with E-state index in [0.29, 0.717) is 17.2 Å². The van der Waals surface area contributed by atoms with Gasteiger partial charge >= 0.3 is 0 Å². The number of halogens is 1. The second-order valence-electron chi connectivity index (χ2n) is 5.23. The van der Waals surface area contributed by atoms with Crippen LogP contribution in [0.4, 0.5) is 0 Å². The lowest BCUT2D eigenvalue weighted by Crippen LogP contribution is -2.29. The Labute approximate surface area is 117 Å². The summed E-state index contributed by atoms with van der Waals surface area (Å²) < 4.78 is 6.83. The van der Waals surface area contributed by atoms with Crippen LogP contribution in [0.3, 0.4) is 0 Å². The Hall–Kier alpha value is -1.01. The smallest absolute Gasteiger partial charge is 0.138 e. The summed E-state index contributed by atoms with van der Waals surface area (Å²) in [5.74, 6) is 2.18. The molecular formula is C15H18BrNO. The van der Waals surface area contributed by atoms with Crippen LogP contribution in [-0.2, 0) is 0 Å². The Morgan fingerprint density at radius 3 is 2.72 bits per heavy atom. The Morgan fingerprint density at radius 1 is 1.28 bits per heavy atom. The minimum Gasteiger partial charge on any atom is -0.489 e. The number of benzene rings is 1. The topological polar surface area (TPSA) is 33.0 Å². The van der Waals surface area contributed by atoms with Crippen molar-refractivity contribution < 1.29 is 4.74 Å². The van der Waals surface area contributed by atoms with Gasteiger partial charge in [-0.2, -0.15) is 5.26 Å². The predicted octanol–water partition coefficient (Wildman–Crippen LogP) is 4.52. The summed E-state index contributed by atoms with van der Waals surface area (Å²) in [5, 5.41) is 9.16. The first kappa shape index (κ1) is 13.4. The maximum absolute atomic E-state index is 9.16. The van der Waals surface area contributed by atoms with Gasteiger partial charge in [0, 0.05) is 4.47 Å². The van der Waals surface area contributed by atoms with Crippen molar-refractivity contribution in [1.82, 2.24) is 0 Å². The second-order valence-corrected chi connectivity index (χ2v) is 6.09. The van der Waals surface area contributed by atoms with E-state index >= 15 is 0 Å². The van der Waals surface area contributed by atoms with Crippen LogP contribution in [0, 0.1) is 23.2 Å². The van der Waals surface area contributed by atoms with E-state index in [0.717, 1.165) is 23.2 Å². The summed E-state index contributed by atoms with van der Waals surface area (Å²) in [6.07, 6.45) is 3.63. The predicted molar refractivity (Wildman–Crippen MR) is 75.5 cm³/mol. The molecule has 0 spiro atoms. The molecule has 2 rings (SSSR count). The molecule has 3 atom stereocenters. The standard InChI is InChI=1S/C15H18BrNO/c1-10-6-7-12(8-11(10)2)18-15-5-3-4-14(16)13(15)9-17/h3-5,10-12H,6-8H2,1-2H3. The maximum atomic E-state index is 9.16. The first-order valence-electron chi connectivity index (χ1n) is 6.47. The zero-order valence-electron chi connectivity index (χ0n) is 10.8. The minimum atomic E-state index is 0.248. The molecule has 18 heavy (non-hydrogen) atoms. The van der Waals surface area contributed by atoms with Gasteiger partial charge in [-0.15, -0.1) is 0 Å². The average Bonchev–Trinajstić information content (AvgIpc) is 2.34. The highest BCUT2D eigenvalue weighted by Gasteiger charge is 2.26. The van der Waals surface area contributed by atoms with Gasteiger partial charge in [-0.25, -0.2) is 0 Å². The van der Waals surface area contributed by atoms with Crippen molar-refractivity contribution in [2.75, 3.05) is 0 Å². The number of nitriles is 1. The number of hydrogen-bond acceptors (Lipinski definition) is 2. The lowest BCUT2D eigenvalue weighted by molar-refractivity contribution is 0.100. The Morgan fingerprint density at radius 2 is 2.06 bits per heavy atom. The zero-order valence-corrected chi connectivity index (χ0v) is 12.4. The van der Waals surface area contributed by atoms with Gasteiger partial charge in [-0.05, 0) is 59.2 Å². The molecule has 3 heteroatoms. The molecule has 0 N–H and O–H groups in total. The normalized spacial score (nSPS) is 27.6. The number of nitrogens with zero attached hydrogens (tertiary/aromatic N) is 1. The molecule has 0 heterocycles. The molecule has 1 fully saturated rings. The molecule has 0 bridgehead atoms. The van der Waals surface area contributed by atoms with Crippen LogP contribution in [-0.4, -0.2) is 6.10 Å². The van der Waals surface area contributed by atoms with Crippen molar-refractivity contribution in [3.8, 4) is 11.8 Å². The van der Waals surface area contributed by atoms with Crippen LogP contribution in [0.15, 0.2) is 22.7 Å². The third-order valence-corrected chi connectivity index (χ3v) is 4.59. The van der Waals surface area contributed by atoms with E-state index in [2.05, 4.69) is 35.8 Å². The molecule has 0 aromatic heterocycles. The summed E-state index contributed by atoms with van der Waals surface area (Å²) in [7, 11) is 0. The molecule has 0 saturated heterocycles. The fourth-order valence-corrected chi connectivity index (χ4v) is 2.93. The van der Waals surface area contributed by atoms with E-state index in [9.17, 15) is 0 Å². The van der Waals surface area contributed by atoms with Crippen LogP contribution in [0.2, 0.25) is 0 Å². The first-order valence-corrected chi connectivity index (χ1v) is 7.26. The number of ether oxygens (including phenoxy) is 1. The van der Waals surface area contributed by atoms with Crippen LogP contribution < -0.4 is 4.74 Å². The summed E-state index contributed by atoms with van der Waals surface area (Å²) in [6, 6.07) is 7.87. The van der Waals surface area contributed by atoms with Crippen molar-refractivity contribution in [2.24, 2.45) is 11.8 Å². The van der Waals surface area contributed by atoms with Gasteiger partial charge < -0.3 is 4.74 Å². The molecule has 96 valence electrons. The molecule has 0 amide bonds. The quantitative estimate of drug-likeness (QED) is 0.804. The molecule has 1 aromatic carbocycles. The monoisotopic (exact) mass is 307 g/mol. The average molecular weight is 308 g/mol.